The standard InChI is InChI=1S/C21H21FN2O3/c22-17-10-3-4-11-18(17)27-14-13-24-19(25)21(23-20(24)26)12-6-5-8-15-7-1-2-9-16(15)21/h1-4,7,9-11H,5-6,8,12-14H2,(H,23,26). The van der Waals surface area contributed by atoms with Crippen molar-refractivity contribution in [2.45, 2.75) is 31.2 Å². The summed E-state index contributed by atoms with van der Waals surface area (Å²) in [5.74, 6) is -0.609. The Hall–Kier alpha value is -2.89. The summed E-state index contributed by atoms with van der Waals surface area (Å²) in [7, 11) is 0. The largest absolute Gasteiger partial charge is 0.489 e. The number of hydrogen-bond acceptors (Lipinski definition) is 3. The molecule has 0 bridgehead atoms. The summed E-state index contributed by atoms with van der Waals surface area (Å²) in [6.07, 6.45) is 3.33. The molecule has 1 N–H and O–H groups in total. The molecule has 0 aromatic heterocycles. The number of carbonyl (C=O) groups excluding carboxylic acids is 2. The van der Waals surface area contributed by atoms with E-state index in [1.54, 1.807) is 12.1 Å². The van der Waals surface area contributed by atoms with E-state index in [0.717, 1.165) is 30.4 Å². The number of nitrogens with one attached hydrogen (secondary N) is 1. The van der Waals surface area contributed by atoms with E-state index >= 15 is 0 Å². The van der Waals surface area contributed by atoms with Gasteiger partial charge in [-0.15, -0.1) is 0 Å². The number of aryl methyl sites for hydroxylation is 1. The van der Waals surface area contributed by atoms with Crippen LogP contribution in [0.2, 0.25) is 0 Å². The predicted octanol–water partition coefficient (Wildman–Crippen LogP) is 3.38. The van der Waals surface area contributed by atoms with Crippen LogP contribution >= 0.6 is 0 Å². The van der Waals surface area contributed by atoms with Crippen molar-refractivity contribution in [2.24, 2.45) is 0 Å². The molecule has 5 nitrogen and oxygen atoms in total. The Morgan fingerprint density at radius 3 is 2.70 bits per heavy atom. The highest BCUT2D eigenvalue weighted by Gasteiger charge is 2.53. The molecule has 1 fully saturated rings. The number of ether oxygens (including phenoxy) is 1. The van der Waals surface area contributed by atoms with E-state index in [1.165, 1.54) is 17.0 Å². The number of rotatable bonds is 4. The summed E-state index contributed by atoms with van der Waals surface area (Å²) in [6.45, 7) is 0.112. The van der Waals surface area contributed by atoms with E-state index in [0.29, 0.717) is 6.42 Å². The summed E-state index contributed by atoms with van der Waals surface area (Å²) >= 11 is 0. The van der Waals surface area contributed by atoms with E-state index < -0.39 is 17.4 Å². The molecule has 2 aliphatic rings. The average molecular weight is 368 g/mol. The number of hydrogen-bond donors (Lipinski definition) is 1. The van der Waals surface area contributed by atoms with Crippen LogP contribution in [0.4, 0.5) is 9.18 Å². The molecule has 1 heterocycles. The second kappa shape index (κ2) is 7.02. The molecule has 0 radical (unpaired) electrons. The zero-order valence-corrected chi connectivity index (χ0v) is 14.9. The number of para-hydroxylation sites is 1. The van der Waals surface area contributed by atoms with Gasteiger partial charge in [0.1, 0.15) is 12.1 Å². The maximum Gasteiger partial charge on any atom is 0.325 e. The zero-order chi connectivity index (χ0) is 18.9. The fourth-order valence-corrected chi connectivity index (χ4v) is 3.98. The normalized spacial score (nSPS) is 21.7. The van der Waals surface area contributed by atoms with Crippen LogP contribution in [0.25, 0.3) is 0 Å². The van der Waals surface area contributed by atoms with E-state index in [1.807, 2.05) is 24.3 Å². The minimum absolute atomic E-state index is 0.0395. The summed E-state index contributed by atoms with van der Waals surface area (Å²) in [4.78, 5) is 27.0. The lowest BCUT2D eigenvalue weighted by atomic mass is 9.84. The Morgan fingerprint density at radius 2 is 1.85 bits per heavy atom. The van der Waals surface area contributed by atoms with Crippen LogP contribution in [0.5, 0.6) is 5.75 Å². The van der Waals surface area contributed by atoms with Crippen LogP contribution in [0.1, 0.15) is 30.4 Å². The summed E-state index contributed by atoms with van der Waals surface area (Å²) < 4.78 is 19.1. The Kier molecular flexibility index (Phi) is 4.56. The Bertz CT molecular complexity index is 885. The quantitative estimate of drug-likeness (QED) is 0.842. The van der Waals surface area contributed by atoms with E-state index in [4.69, 9.17) is 4.74 Å². The van der Waals surface area contributed by atoms with Gasteiger partial charge in [-0.25, -0.2) is 9.18 Å². The fourth-order valence-electron chi connectivity index (χ4n) is 3.98. The van der Waals surface area contributed by atoms with Gasteiger partial charge in [0, 0.05) is 0 Å². The number of fused-ring (bicyclic) bond motifs is 2. The number of carbonyl (C=O) groups is 2. The summed E-state index contributed by atoms with van der Waals surface area (Å²) in [5, 5.41) is 2.93. The van der Waals surface area contributed by atoms with Gasteiger partial charge in [-0.05, 0) is 48.9 Å². The topological polar surface area (TPSA) is 58.6 Å². The number of benzene rings is 2. The van der Waals surface area contributed by atoms with Crippen molar-refractivity contribution in [3.05, 3.63) is 65.5 Å². The fraction of sp³-hybridized carbons (Fsp3) is 0.333. The third-order valence-electron chi connectivity index (χ3n) is 5.31. The predicted molar refractivity (Wildman–Crippen MR) is 97.8 cm³/mol. The highest BCUT2D eigenvalue weighted by Crippen LogP contribution is 2.38. The first-order chi connectivity index (χ1) is 13.1. The molecular weight excluding hydrogens is 347 g/mol. The van der Waals surface area contributed by atoms with Crippen molar-refractivity contribution in [1.82, 2.24) is 10.2 Å². The third-order valence-corrected chi connectivity index (χ3v) is 5.31. The molecular formula is C21H21FN2O3. The van der Waals surface area contributed by atoms with E-state index in [2.05, 4.69) is 5.32 Å². The van der Waals surface area contributed by atoms with Gasteiger partial charge in [0.15, 0.2) is 11.6 Å². The molecule has 6 heteroatoms. The lowest BCUT2D eigenvalue weighted by molar-refractivity contribution is -0.132. The molecule has 2 aromatic rings. The summed E-state index contributed by atoms with van der Waals surface area (Å²) in [6, 6.07) is 13.5. The molecule has 1 atom stereocenters. The number of halogens is 1. The maximum atomic E-state index is 13.7. The van der Waals surface area contributed by atoms with Crippen LogP contribution in [0, 0.1) is 5.82 Å². The van der Waals surface area contributed by atoms with Gasteiger partial charge in [0.05, 0.1) is 6.54 Å². The van der Waals surface area contributed by atoms with Crippen molar-refractivity contribution >= 4 is 11.9 Å². The van der Waals surface area contributed by atoms with E-state index in [9.17, 15) is 14.0 Å². The first kappa shape index (κ1) is 17.5. The number of urea groups is 1. The lowest BCUT2D eigenvalue weighted by Gasteiger charge is -2.27. The Morgan fingerprint density at radius 1 is 1.07 bits per heavy atom. The number of amides is 3. The minimum Gasteiger partial charge on any atom is -0.489 e. The minimum atomic E-state index is -0.998. The van der Waals surface area contributed by atoms with Gasteiger partial charge in [-0.1, -0.05) is 36.4 Å². The number of imide groups is 1. The smallest absolute Gasteiger partial charge is 0.325 e. The molecule has 0 saturated carbocycles. The SMILES string of the molecule is O=C1NC2(CCCCc3ccccc32)C(=O)N1CCOc1ccccc1F. The molecule has 140 valence electrons. The molecule has 2 aromatic carbocycles. The van der Waals surface area contributed by atoms with Crippen LogP contribution in [0.15, 0.2) is 48.5 Å². The van der Waals surface area contributed by atoms with Crippen molar-refractivity contribution in [1.29, 1.82) is 0 Å². The molecule has 1 aliphatic heterocycles. The van der Waals surface area contributed by atoms with Crippen LogP contribution in [-0.2, 0) is 16.8 Å². The molecule has 4 rings (SSSR count). The summed E-state index contributed by atoms with van der Waals surface area (Å²) in [5.41, 5.74) is 0.994. The number of nitrogens with zero attached hydrogens (tertiary/aromatic N) is 1. The van der Waals surface area contributed by atoms with Gasteiger partial charge in [-0.3, -0.25) is 9.69 Å². The first-order valence-corrected chi connectivity index (χ1v) is 9.22. The van der Waals surface area contributed by atoms with E-state index in [-0.39, 0.29) is 24.8 Å². The van der Waals surface area contributed by atoms with Gasteiger partial charge in [0.2, 0.25) is 0 Å². The molecule has 1 aliphatic carbocycles. The van der Waals surface area contributed by atoms with Gasteiger partial charge in [0.25, 0.3) is 5.91 Å². The highest BCUT2D eigenvalue weighted by molar-refractivity contribution is 6.07. The molecule has 3 amide bonds. The molecule has 1 spiro atoms. The monoisotopic (exact) mass is 368 g/mol. The first-order valence-electron chi connectivity index (χ1n) is 9.22. The highest BCUT2D eigenvalue weighted by atomic mass is 19.1. The zero-order valence-electron chi connectivity index (χ0n) is 14.9. The second-order valence-corrected chi connectivity index (χ2v) is 6.94. The van der Waals surface area contributed by atoms with Crippen molar-refractivity contribution in [3.63, 3.8) is 0 Å². The second-order valence-electron chi connectivity index (χ2n) is 6.94. The van der Waals surface area contributed by atoms with Gasteiger partial charge in [-0.2, -0.15) is 0 Å². The van der Waals surface area contributed by atoms with Gasteiger partial charge >= 0.3 is 6.03 Å². The molecule has 27 heavy (non-hydrogen) atoms. The van der Waals surface area contributed by atoms with Crippen LogP contribution < -0.4 is 10.1 Å². The van der Waals surface area contributed by atoms with Crippen molar-refractivity contribution in [3.8, 4) is 5.75 Å². The Labute approximate surface area is 157 Å². The third kappa shape index (κ3) is 3.05. The maximum absolute atomic E-state index is 13.7. The van der Waals surface area contributed by atoms with Crippen LogP contribution in [-0.4, -0.2) is 30.0 Å². The molecule has 1 saturated heterocycles. The van der Waals surface area contributed by atoms with Crippen LogP contribution in [0.3, 0.4) is 0 Å². The van der Waals surface area contributed by atoms with Crippen molar-refractivity contribution in [2.75, 3.05) is 13.2 Å². The van der Waals surface area contributed by atoms with Crippen molar-refractivity contribution < 1.29 is 18.7 Å². The van der Waals surface area contributed by atoms with Gasteiger partial charge < -0.3 is 10.1 Å². The lowest BCUT2D eigenvalue weighted by Crippen LogP contribution is -2.44. The average Bonchev–Trinajstić information content (AvgIpc) is 2.81. The molecule has 1 unspecified atom stereocenters. The Balaban J connectivity index is 1.53.